The summed E-state index contributed by atoms with van der Waals surface area (Å²) in [6.07, 6.45) is 0. The van der Waals surface area contributed by atoms with Crippen LogP contribution in [-0.2, 0) is 14.4 Å². The number of aliphatic carboxylic acids is 3. The van der Waals surface area contributed by atoms with Crippen LogP contribution >= 0.6 is 0 Å². The third-order valence-corrected chi connectivity index (χ3v) is 2.22. The van der Waals surface area contributed by atoms with Crippen LogP contribution in [0.2, 0.25) is 0 Å². The van der Waals surface area contributed by atoms with Crippen molar-refractivity contribution in [3.05, 3.63) is 0 Å². The zero-order valence-electron chi connectivity index (χ0n) is 7.01. The molecule has 0 aromatic rings. The zero-order valence-corrected chi connectivity index (χ0v) is 7.01. The van der Waals surface area contributed by atoms with E-state index in [-0.39, 0.29) is 36.1 Å². The van der Waals surface area contributed by atoms with Gasteiger partial charge >= 0.3 is 47.5 Å². The van der Waals surface area contributed by atoms with Crippen molar-refractivity contribution >= 4 is 47.5 Å². The summed E-state index contributed by atoms with van der Waals surface area (Å²) >= 11 is 0. The Bertz CT molecular complexity index is 271. The quantitative estimate of drug-likeness (QED) is 0.403. The molecule has 0 aliphatic carbocycles. The summed E-state index contributed by atoms with van der Waals surface area (Å²) in [6.45, 7) is -0.136. The third kappa shape index (κ3) is 2.91. The van der Waals surface area contributed by atoms with Crippen LogP contribution in [0.5, 0.6) is 0 Å². The number of nitrogens with one attached hydrogen (secondary N) is 1. The number of hydrogen-bond acceptors (Lipinski definition) is 4. The van der Waals surface area contributed by atoms with Crippen molar-refractivity contribution < 1.29 is 29.7 Å². The van der Waals surface area contributed by atoms with Gasteiger partial charge < -0.3 is 20.6 Å². The molecule has 0 aromatic heterocycles. The number of carboxylic acids is 3. The molecule has 3 atom stereocenters. The van der Waals surface area contributed by atoms with Crippen LogP contribution in [0.3, 0.4) is 0 Å². The molecule has 3 unspecified atom stereocenters. The van der Waals surface area contributed by atoms with Crippen LogP contribution in [0.15, 0.2) is 0 Å². The summed E-state index contributed by atoms with van der Waals surface area (Å²) in [4.78, 5) is 31.8. The maximum absolute atomic E-state index is 10.7. The van der Waals surface area contributed by atoms with E-state index in [1.54, 1.807) is 0 Å². The fraction of sp³-hybridized carbons (Fsp3) is 0.571. The third-order valence-electron chi connectivity index (χ3n) is 2.22. The Morgan fingerprint density at radius 1 is 1.00 bits per heavy atom. The standard InChI is InChI=1S/C7H9NO6.Na.H/c9-5(10)2-1-8-4(7(13)14)3(2)6(11)12;;/h2-4,8H,1H2,(H,9,10)(H,11,12)(H,13,14);;. The first-order chi connectivity index (χ1) is 6.45. The topological polar surface area (TPSA) is 124 Å². The summed E-state index contributed by atoms with van der Waals surface area (Å²) in [6, 6.07) is -1.33. The van der Waals surface area contributed by atoms with E-state index < -0.39 is 35.8 Å². The molecule has 0 saturated carbocycles. The van der Waals surface area contributed by atoms with Gasteiger partial charge in [0.25, 0.3) is 0 Å². The fourth-order valence-corrected chi connectivity index (χ4v) is 1.54. The van der Waals surface area contributed by atoms with Crippen molar-refractivity contribution in [2.75, 3.05) is 6.54 Å². The van der Waals surface area contributed by atoms with Crippen LogP contribution in [0.1, 0.15) is 0 Å². The minimum atomic E-state index is -1.41. The predicted octanol–water partition coefficient (Wildman–Crippen LogP) is -2.20. The molecule has 0 spiro atoms. The summed E-state index contributed by atoms with van der Waals surface area (Å²) < 4.78 is 0. The molecule has 80 valence electrons. The SMILES string of the molecule is O=C(O)C1CNC(C(=O)O)C1C(=O)O.[NaH]. The van der Waals surface area contributed by atoms with E-state index in [0.717, 1.165) is 0 Å². The Kier molecular flexibility index (Phi) is 5.22. The molecular formula is C7H10NNaO6. The van der Waals surface area contributed by atoms with E-state index in [2.05, 4.69) is 5.32 Å². The van der Waals surface area contributed by atoms with Gasteiger partial charge in [-0.05, 0) is 0 Å². The Morgan fingerprint density at radius 3 is 1.87 bits per heavy atom. The van der Waals surface area contributed by atoms with Gasteiger partial charge in [0.15, 0.2) is 0 Å². The number of carboxylic acid groups (broad SMARTS) is 3. The molecule has 7 nitrogen and oxygen atoms in total. The number of carbonyl (C=O) groups is 3. The van der Waals surface area contributed by atoms with Crippen molar-refractivity contribution in [1.29, 1.82) is 0 Å². The normalized spacial score (nSPS) is 29.2. The Morgan fingerprint density at radius 2 is 1.53 bits per heavy atom. The summed E-state index contributed by atoms with van der Waals surface area (Å²) in [5.74, 6) is -6.65. The summed E-state index contributed by atoms with van der Waals surface area (Å²) in [5, 5.41) is 28.3. The van der Waals surface area contributed by atoms with E-state index in [4.69, 9.17) is 15.3 Å². The second-order valence-corrected chi connectivity index (χ2v) is 3.03. The summed E-state index contributed by atoms with van der Waals surface area (Å²) in [7, 11) is 0. The Labute approximate surface area is 107 Å². The molecule has 4 N–H and O–H groups in total. The molecule has 8 heteroatoms. The summed E-state index contributed by atoms with van der Waals surface area (Å²) in [5.41, 5.74) is 0. The van der Waals surface area contributed by atoms with Crippen molar-refractivity contribution in [3.63, 3.8) is 0 Å². The first kappa shape index (κ1) is 14.4. The Balaban J connectivity index is 0.00000196. The molecule has 15 heavy (non-hydrogen) atoms. The van der Waals surface area contributed by atoms with Crippen molar-refractivity contribution in [1.82, 2.24) is 5.32 Å². The van der Waals surface area contributed by atoms with Gasteiger partial charge in [0.05, 0.1) is 11.8 Å². The Hall–Kier alpha value is -0.630. The number of rotatable bonds is 3. The first-order valence-electron chi connectivity index (χ1n) is 3.87. The zero-order chi connectivity index (χ0) is 10.9. The second-order valence-electron chi connectivity index (χ2n) is 3.03. The molecular weight excluding hydrogens is 217 g/mol. The predicted molar refractivity (Wildman–Crippen MR) is 48.8 cm³/mol. The monoisotopic (exact) mass is 227 g/mol. The molecule has 0 radical (unpaired) electrons. The van der Waals surface area contributed by atoms with Gasteiger partial charge in [0, 0.05) is 6.54 Å². The van der Waals surface area contributed by atoms with Gasteiger partial charge in [-0.25, -0.2) is 0 Å². The first-order valence-corrected chi connectivity index (χ1v) is 3.87. The van der Waals surface area contributed by atoms with Crippen LogP contribution < -0.4 is 5.32 Å². The molecule has 1 fully saturated rings. The maximum atomic E-state index is 10.7. The van der Waals surface area contributed by atoms with Crippen molar-refractivity contribution in [3.8, 4) is 0 Å². The van der Waals surface area contributed by atoms with Crippen molar-refractivity contribution in [2.45, 2.75) is 6.04 Å². The number of hydrogen-bond donors (Lipinski definition) is 4. The average molecular weight is 227 g/mol. The van der Waals surface area contributed by atoms with Crippen LogP contribution in [-0.4, -0.2) is 75.4 Å². The average Bonchev–Trinajstić information content (AvgIpc) is 2.46. The van der Waals surface area contributed by atoms with E-state index in [0.29, 0.717) is 0 Å². The van der Waals surface area contributed by atoms with Crippen LogP contribution in [0, 0.1) is 11.8 Å². The van der Waals surface area contributed by atoms with E-state index >= 15 is 0 Å². The second kappa shape index (κ2) is 5.45. The molecule has 0 bridgehead atoms. The van der Waals surface area contributed by atoms with Gasteiger partial charge in [0.2, 0.25) is 0 Å². The van der Waals surface area contributed by atoms with E-state index in [9.17, 15) is 14.4 Å². The molecule has 0 aromatic carbocycles. The molecule has 0 amide bonds. The van der Waals surface area contributed by atoms with Gasteiger partial charge in [-0.3, -0.25) is 14.4 Å². The van der Waals surface area contributed by atoms with Crippen LogP contribution in [0.4, 0.5) is 0 Å². The van der Waals surface area contributed by atoms with E-state index in [1.807, 2.05) is 0 Å². The molecule has 1 rings (SSSR count). The molecule has 1 heterocycles. The van der Waals surface area contributed by atoms with Gasteiger partial charge in [-0.2, -0.15) is 0 Å². The van der Waals surface area contributed by atoms with Gasteiger partial charge in [0.1, 0.15) is 6.04 Å². The van der Waals surface area contributed by atoms with Crippen molar-refractivity contribution in [2.24, 2.45) is 11.8 Å². The van der Waals surface area contributed by atoms with Gasteiger partial charge in [-0.1, -0.05) is 0 Å². The molecule has 1 aliphatic rings. The fourth-order valence-electron chi connectivity index (χ4n) is 1.54. The van der Waals surface area contributed by atoms with Gasteiger partial charge in [-0.15, -0.1) is 0 Å². The molecule has 1 saturated heterocycles. The van der Waals surface area contributed by atoms with Crippen LogP contribution in [0.25, 0.3) is 0 Å². The minimum absolute atomic E-state index is 0. The van der Waals surface area contributed by atoms with E-state index in [1.165, 1.54) is 0 Å². The molecule has 1 aliphatic heterocycles.